The van der Waals surface area contributed by atoms with Crippen LogP contribution in [0.4, 0.5) is 0 Å². The maximum absolute atomic E-state index is 4.93. The van der Waals surface area contributed by atoms with Gasteiger partial charge in [0, 0.05) is 0 Å². The molecule has 0 aromatic carbocycles. The molecule has 1 rings (SSSR count). The van der Waals surface area contributed by atoms with E-state index < -0.39 is 20.8 Å². The minimum absolute atomic E-state index is 0.826. The zero-order valence-electron chi connectivity index (χ0n) is 8.27. The van der Waals surface area contributed by atoms with E-state index in [1.165, 1.54) is 6.42 Å². The van der Waals surface area contributed by atoms with Gasteiger partial charge in [-0.3, -0.25) is 0 Å². The first kappa shape index (κ1) is 13.5. The van der Waals surface area contributed by atoms with E-state index in [0.717, 1.165) is 23.7 Å². The van der Waals surface area contributed by atoms with Gasteiger partial charge in [-0.05, 0) is 30.1 Å². The molecule has 1 fully saturated rings. The summed E-state index contributed by atoms with van der Waals surface area (Å²) in [6, 6.07) is 0. The molecule has 4 atom stereocenters. The molecule has 1 aliphatic rings. The summed E-state index contributed by atoms with van der Waals surface area (Å²) in [5.74, 6) is 3.85. The Bertz CT molecular complexity index is 107. The van der Waals surface area contributed by atoms with E-state index in [9.17, 15) is 0 Å². The SMILES string of the molecule is CC1CC(C)C(C)C1C.[Cl][Zr][Cl]. The van der Waals surface area contributed by atoms with E-state index in [1.54, 1.807) is 0 Å². The maximum atomic E-state index is 4.93. The molecule has 0 spiro atoms. The quantitative estimate of drug-likeness (QED) is 0.623. The molecule has 72 valence electrons. The predicted octanol–water partition coefficient (Wildman–Crippen LogP) is 4.31. The summed E-state index contributed by atoms with van der Waals surface area (Å²) in [5.41, 5.74) is 0. The minimum atomic E-state index is -0.826. The number of hydrogen-bond donors (Lipinski definition) is 0. The monoisotopic (exact) mass is 286 g/mol. The number of rotatable bonds is 0. The first-order valence-corrected chi connectivity index (χ1v) is 10.8. The summed E-state index contributed by atoms with van der Waals surface area (Å²) in [6.45, 7) is 9.53. The van der Waals surface area contributed by atoms with E-state index in [-0.39, 0.29) is 0 Å². The molecule has 0 N–H and O–H groups in total. The third-order valence-corrected chi connectivity index (χ3v) is 3.37. The Morgan fingerprint density at radius 2 is 1.17 bits per heavy atom. The molecular weight excluding hydrogens is 270 g/mol. The molecule has 0 heterocycles. The zero-order chi connectivity index (χ0) is 9.72. The Kier molecular flexibility index (Phi) is 7.68. The average molecular weight is 288 g/mol. The van der Waals surface area contributed by atoms with Crippen LogP contribution in [0.25, 0.3) is 0 Å². The van der Waals surface area contributed by atoms with Gasteiger partial charge in [0.2, 0.25) is 0 Å². The molecule has 12 heavy (non-hydrogen) atoms. The van der Waals surface area contributed by atoms with Crippen molar-refractivity contribution < 1.29 is 20.8 Å². The molecule has 0 bridgehead atoms. The van der Waals surface area contributed by atoms with Crippen molar-refractivity contribution in [1.29, 1.82) is 0 Å². The van der Waals surface area contributed by atoms with Crippen LogP contribution in [0.2, 0.25) is 0 Å². The fraction of sp³-hybridized carbons (Fsp3) is 1.00. The van der Waals surface area contributed by atoms with E-state index in [1.807, 2.05) is 0 Å². The molecule has 3 heteroatoms. The Morgan fingerprint density at radius 1 is 0.917 bits per heavy atom. The van der Waals surface area contributed by atoms with Crippen molar-refractivity contribution in [2.45, 2.75) is 34.1 Å². The van der Waals surface area contributed by atoms with Crippen molar-refractivity contribution in [3.63, 3.8) is 0 Å². The van der Waals surface area contributed by atoms with Crippen molar-refractivity contribution in [1.82, 2.24) is 0 Å². The molecule has 0 radical (unpaired) electrons. The third-order valence-electron chi connectivity index (χ3n) is 3.37. The topological polar surface area (TPSA) is 0 Å². The van der Waals surface area contributed by atoms with Gasteiger partial charge in [-0.15, -0.1) is 0 Å². The van der Waals surface area contributed by atoms with Crippen molar-refractivity contribution in [2.75, 3.05) is 0 Å². The molecule has 0 aliphatic heterocycles. The molecule has 4 unspecified atom stereocenters. The van der Waals surface area contributed by atoms with E-state index in [2.05, 4.69) is 27.7 Å². The van der Waals surface area contributed by atoms with Crippen molar-refractivity contribution in [2.24, 2.45) is 23.7 Å². The average Bonchev–Trinajstić information content (AvgIpc) is 2.20. The molecule has 0 nitrogen and oxygen atoms in total. The van der Waals surface area contributed by atoms with Crippen LogP contribution in [-0.2, 0) is 20.8 Å². The standard InChI is InChI=1S/C9H18.2ClH.Zr/c1-6-5-7(2)9(4)8(6)3;;;/h6-9H,5H2,1-4H3;2*1H;/q;;;+2/p-2. The summed E-state index contributed by atoms with van der Waals surface area (Å²) >= 11 is -0.826. The van der Waals surface area contributed by atoms with Gasteiger partial charge in [-0.1, -0.05) is 27.7 Å². The van der Waals surface area contributed by atoms with Crippen LogP contribution in [0.1, 0.15) is 34.1 Å². The second-order valence-electron chi connectivity index (χ2n) is 3.98. The number of hydrogen-bond acceptors (Lipinski definition) is 0. The fourth-order valence-electron chi connectivity index (χ4n) is 2.05. The Balaban J connectivity index is 0.000000354. The van der Waals surface area contributed by atoms with Gasteiger partial charge in [0.15, 0.2) is 0 Å². The van der Waals surface area contributed by atoms with E-state index in [0.29, 0.717) is 0 Å². The van der Waals surface area contributed by atoms with Crippen LogP contribution in [-0.4, -0.2) is 0 Å². The summed E-state index contributed by atoms with van der Waals surface area (Å²) in [4.78, 5) is 0. The van der Waals surface area contributed by atoms with Gasteiger partial charge in [0.05, 0.1) is 0 Å². The molecule has 1 saturated carbocycles. The van der Waals surface area contributed by atoms with Crippen LogP contribution in [0.15, 0.2) is 0 Å². The number of halogens is 2. The van der Waals surface area contributed by atoms with Crippen molar-refractivity contribution in [3.8, 4) is 0 Å². The molecule has 0 aromatic heterocycles. The van der Waals surface area contributed by atoms with Gasteiger partial charge >= 0.3 is 37.9 Å². The molecule has 0 aromatic rings. The van der Waals surface area contributed by atoms with Gasteiger partial charge in [-0.2, -0.15) is 0 Å². The summed E-state index contributed by atoms with van der Waals surface area (Å²) in [6.07, 6.45) is 1.45. The normalized spacial score (nSPS) is 40.2. The van der Waals surface area contributed by atoms with Gasteiger partial charge in [-0.25, -0.2) is 0 Å². The van der Waals surface area contributed by atoms with Gasteiger partial charge in [0.25, 0.3) is 0 Å². The fourth-order valence-corrected chi connectivity index (χ4v) is 2.05. The van der Waals surface area contributed by atoms with Crippen LogP contribution in [0.3, 0.4) is 0 Å². The van der Waals surface area contributed by atoms with Crippen LogP contribution in [0.5, 0.6) is 0 Å². The van der Waals surface area contributed by atoms with Crippen molar-refractivity contribution in [3.05, 3.63) is 0 Å². The molecule has 1 aliphatic carbocycles. The second kappa shape index (κ2) is 6.85. The van der Waals surface area contributed by atoms with Crippen LogP contribution >= 0.6 is 17.0 Å². The van der Waals surface area contributed by atoms with Crippen LogP contribution in [0, 0.1) is 23.7 Å². The molecule has 0 saturated heterocycles. The predicted molar refractivity (Wildman–Crippen MR) is 53.0 cm³/mol. The van der Waals surface area contributed by atoms with Crippen LogP contribution < -0.4 is 0 Å². The Hall–Kier alpha value is 1.46. The summed E-state index contributed by atoms with van der Waals surface area (Å²) in [5, 5.41) is 0. The van der Waals surface area contributed by atoms with Gasteiger partial charge in [0.1, 0.15) is 0 Å². The third kappa shape index (κ3) is 4.12. The summed E-state index contributed by atoms with van der Waals surface area (Å²) in [7, 11) is 9.87. The molecule has 0 amide bonds. The van der Waals surface area contributed by atoms with E-state index in [4.69, 9.17) is 17.0 Å². The first-order valence-electron chi connectivity index (χ1n) is 4.50. The Morgan fingerprint density at radius 3 is 1.25 bits per heavy atom. The van der Waals surface area contributed by atoms with Crippen molar-refractivity contribution >= 4 is 17.0 Å². The van der Waals surface area contributed by atoms with E-state index >= 15 is 0 Å². The summed E-state index contributed by atoms with van der Waals surface area (Å²) < 4.78 is 0. The first-order chi connectivity index (χ1) is 5.54. The second-order valence-corrected chi connectivity index (χ2v) is 7.71. The molecular formula is C9H18Cl2Zr. The van der Waals surface area contributed by atoms with Gasteiger partial charge < -0.3 is 0 Å². The Labute approximate surface area is 95.1 Å². The zero-order valence-corrected chi connectivity index (χ0v) is 12.2.